The molecule has 24 heavy (non-hydrogen) atoms. The highest BCUT2D eigenvalue weighted by Gasteiger charge is 2.19. The van der Waals surface area contributed by atoms with E-state index in [1.807, 2.05) is 12.1 Å². The third-order valence-corrected chi connectivity index (χ3v) is 4.31. The average Bonchev–Trinajstić information content (AvgIpc) is 3.06. The summed E-state index contributed by atoms with van der Waals surface area (Å²) in [5.74, 6) is -0.589. The molecular weight excluding hydrogens is 302 g/mol. The van der Waals surface area contributed by atoms with Crippen LogP contribution < -0.4 is 16.4 Å². The van der Waals surface area contributed by atoms with E-state index in [0.29, 0.717) is 12.1 Å². The first-order valence-corrected chi connectivity index (χ1v) is 8.13. The van der Waals surface area contributed by atoms with Gasteiger partial charge in [0.1, 0.15) is 6.04 Å². The number of carbonyl (C=O) groups excluding carboxylic acids is 2. The number of benzene rings is 2. The Hall–Kier alpha value is -2.82. The second kappa shape index (κ2) is 7.17. The van der Waals surface area contributed by atoms with Gasteiger partial charge in [0.2, 0.25) is 5.91 Å². The minimum atomic E-state index is -0.841. The number of fused-ring (bicyclic) bond motifs is 1. The number of primary amides is 1. The Morgan fingerprint density at radius 2 is 1.79 bits per heavy atom. The van der Waals surface area contributed by atoms with E-state index in [2.05, 4.69) is 22.8 Å². The summed E-state index contributed by atoms with van der Waals surface area (Å²) < 4.78 is 0. The average molecular weight is 323 g/mol. The van der Waals surface area contributed by atoms with Crippen molar-refractivity contribution in [3.05, 3.63) is 70.8 Å². The minimum Gasteiger partial charge on any atom is -0.368 e. The lowest BCUT2D eigenvalue weighted by Gasteiger charge is -2.16. The van der Waals surface area contributed by atoms with E-state index in [1.165, 1.54) is 17.5 Å². The highest BCUT2D eigenvalue weighted by molar-refractivity contribution is 5.86. The monoisotopic (exact) mass is 323 g/mol. The molecule has 124 valence electrons. The zero-order chi connectivity index (χ0) is 16.9. The fourth-order valence-electron chi connectivity index (χ4n) is 3.06. The van der Waals surface area contributed by atoms with E-state index in [0.717, 1.165) is 18.4 Å². The summed E-state index contributed by atoms with van der Waals surface area (Å²) in [7, 11) is 0. The number of carbonyl (C=O) groups is 2. The molecule has 0 aromatic heterocycles. The van der Waals surface area contributed by atoms with Crippen LogP contribution in [0.1, 0.15) is 34.7 Å². The standard InChI is InChI=1S/C19H21N3O2/c20-18(23)17(15-5-2-1-3-6-15)22-19(24)21-12-13-9-10-14-7-4-8-16(14)11-13/h1-3,5-6,9-11,17H,4,7-8,12H2,(H2,20,23)(H2,21,22,24)/t17-/m0/s1. The molecule has 0 aliphatic heterocycles. The van der Waals surface area contributed by atoms with Crippen LogP contribution in [0.15, 0.2) is 48.5 Å². The fraction of sp³-hybridized carbons (Fsp3) is 0.263. The topological polar surface area (TPSA) is 84.2 Å². The normalized spacial score (nSPS) is 13.8. The molecule has 0 bridgehead atoms. The van der Waals surface area contributed by atoms with Crippen LogP contribution in [0.2, 0.25) is 0 Å². The van der Waals surface area contributed by atoms with Crippen molar-refractivity contribution in [1.82, 2.24) is 10.6 Å². The van der Waals surface area contributed by atoms with Gasteiger partial charge in [-0.3, -0.25) is 4.79 Å². The second-order valence-corrected chi connectivity index (χ2v) is 6.03. The number of rotatable bonds is 5. The van der Waals surface area contributed by atoms with Crippen LogP contribution in [0.25, 0.3) is 0 Å². The lowest BCUT2D eigenvalue weighted by molar-refractivity contribution is -0.119. The SMILES string of the molecule is NC(=O)[C@@H](NC(=O)NCc1ccc2c(c1)CCC2)c1ccccc1. The van der Waals surface area contributed by atoms with Gasteiger partial charge in [0.05, 0.1) is 0 Å². The van der Waals surface area contributed by atoms with E-state index in [9.17, 15) is 9.59 Å². The highest BCUT2D eigenvalue weighted by atomic mass is 16.2. The van der Waals surface area contributed by atoms with E-state index in [4.69, 9.17) is 5.73 Å². The van der Waals surface area contributed by atoms with Gasteiger partial charge in [0.15, 0.2) is 0 Å². The van der Waals surface area contributed by atoms with E-state index >= 15 is 0 Å². The molecule has 1 aliphatic rings. The number of aryl methyl sites for hydroxylation is 2. The van der Waals surface area contributed by atoms with Crippen molar-refractivity contribution >= 4 is 11.9 Å². The van der Waals surface area contributed by atoms with Crippen LogP contribution in [0, 0.1) is 0 Å². The molecule has 0 radical (unpaired) electrons. The van der Waals surface area contributed by atoms with Gasteiger partial charge in [0.25, 0.3) is 0 Å². The molecule has 0 spiro atoms. The molecular formula is C19H21N3O2. The molecule has 5 nitrogen and oxygen atoms in total. The molecule has 3 rings (SSSR count). The van der Waals surface area contributed by atoms with Crippen LogP contribution in [0.3, 0.4) is 0 Å². The van der Waals surface area contributed by atoms with Crippen molar-refractivity contribution in [1.29, 1.82) is 0 Å². The summed E-state index contributed by atoms with van der Waals surface area (Å²) in [5.41, 5.74) is 9.90. The largest absolute Gasteiger partial charge is 0.368 e. The summed E-state index contributed by atoms with van der Waals surface area (Å²) >= 11 is 0. The molecule has 0 saturated carbocycles. The van der Waals surface area contributed by atoms with E-state index in [1.54, 1.807) is 24.3 Å². The molecule has 2 aromatic rings. The van der Waals surface area contributed by atoms with Gasteiger partial charge in [0, 0.05) is 6.54 Å². The first-order chi connectivity index (χ1) is 11.6. The Labute approximate surface area is 141 Å². The Morgan fingerprint density at radius 1 is 1.04 bits per heavy atom. The van der Waals surface area contributed by atoms with Gasteiger partial charge in [-0.05, 0) is 41.5 Å². The molecule has 0 saturated heterocycles. The number of urea groups is 1. The maximum absolute atomic E-state index is 12.1. The second-order valence-electron chi connectivity index (χ2n) is 6.03. The number of nitrogens with one attached hydrogen (secondary N) is 2. The zero-order valence-electron chi connectivity index (χ0n) is 13.4. The molecule has 3 amide bonds. The third-order valence-electron chi connectivity index (χ3n) is 4.31. The summed E-state index contributed by atoms with van der Waals surface area (Å²) in [4.78, 5) is 23.7. The molecule has 2 aromatic carbocycles. The van der Waals surface area contributed by atoms with Crippen LogP contribution in [-0.2, 0) is 24.2 Å². The van der Waals surface area contributed by atoms with E-state index in [-0.39, 0.29) is 0 Å². The van der Waals surface area contributed by atoms with Crippen molar-refractivity contribution in [3.63, 3.8) is 0 Å². The van der Waals surface area contributed by atoms with Gasteiger partial charge < -0.3 is 16.4 Å². The number of amides is 3. The van der Waals surface area contributed by atoms with Gasteiger partial charge in [-0.2, -0.15) is 0 Å². The minimum absolute atomic E-state index is 0.414. The maximum atomic E-state index is 12.1. The maximum Gasteiger partial charge on any atom is 0.315 e. The van der Waals surface area contributed by atoms with Crippen LogP contribution >= 0.6 is 0 Å². The summed E-state index contributed by atoms with van der Waals surface area (Å²) in [6.07, 6.45) is 3.44. The molecule has 0 fully saturated rings. The van der Waals surface area contributed by atoms with Gasteiger partial charge in [-0.15, -0.1) is 0 Å². The predicted octanol–water partition coefficient (Wildman–Crippen LogP) is 2.20. The first-order valence-electron chi connectivity index (χ1n) is 8.13. The Balaban J connectivity index is 1.59. The Kier molecular flexibility index (Phi) is 4.79. The Morgan fingerprint density at radius 3 is 2.54 bits per heavy atom. The molecule has 0 heterocycles. The van der Waals surface area contributed by atoms with Crippen LogP contribution in [0.5, 0.6) is 0 Å². The predicted molar refractivity (Wildman–Crippen MR) is 92.2 cm³/mol. The van der Waals surface area contributed by atoms with Crippen molar-refractivity contribution in [3.8, 4) is 0 Å². The highest BCUT2D eigenvalue weighted by Crippen LogP contribution is 2.22. The van der Waals surface area contributed by atoms with Crippen molar-refractivity contribution in [2.75, 3.05) is 0 Å². The quantitative estimate of drug-likeness (QED) is 0.788. The van der Waals surface area contributed by atoms with Crippen molar-refractivity contribution < 1.29 is 9.59 Å². The fourth-order valence-corrected chi connectivity index (χ4v) is 3.06. The van der Waals surface area contributed by atoms with Crippen LogP contribution in [-0.4, -0.2) is 11.9 Å². The lowest BCUT2D eigenvalue weighted by atomic mass is 10.1. The first kappa shape index (κ1) is 16.1. The molecule has 0 unspecified atom stereocenters. The smallest absolute Gasteiger partial charge is 0.315 e. The van der Waals surface area contributed by atoms with Crippen LogP contribution in [0.4, 0.5) is 4.79 Å². The summed E-state index contributed by atoms with van der Waals surface area (Å²) in [6, 6.07) is 14.0. The van der Waals surface area contributed by atoms with Crippen molar-refractivity contribution in [2.45, 2.75) is 31.8 Å². The zero-order valence-corrected chi connectivity index (χ0v) is 13.4. The molecule has 4 N–H and O–H groups in total. The number of hydrogen-bond donors (Lipinski definition) is 3. The van der Waals surface area contributed by atoms with Gasteiger partial charge >= 0.3 is 6.03 Å². The van der Waals surface area contributed by atoms with E-state index < -0.39 is 18.0 Å². The molecule has 1 atom stereocenters. The summed E-state index contributed by atoms with van der Waals surface area (Å²) in [6.45, 7) is 0.416. The third kappa shape index (κ3) is 3.74. The van der Waals surface area contributed by atoms with Gasteiger partial charge in [-0.1, -0.05) is 48.5 Å². The van der Waals surface area contributed by atoms with Crippen molar-refractivity contribution in [2.24, 2.45) is 5.73 Å². The molecule has 5 heteroatoms. The number of hydrogen-bond acceptors (Lipinski definition) is 2. The molecule has 1 aliphatic carbocycles. The Bertz CT molecular complexity index is 744. The summed E-state index contributed by atoms with van der Waals surface area (Å²) in [5, 5.41) is 5.42. The lowest BCUT2D eigenvalue weighted by Crippen LogP contribution is -2.42. The number of nitrogens with two attached hydrogens (primary N) is 1. The van der Waals surface area contributed by atoms with Gasteiger partial charge in [-0.25, -0.2) is 4.79 Å².